The number of rotatable bonds is 8. The summed E-state index contributed by atoms with van der Waals surface area (Å²) < 4.78 is 5.33. The smallest absolute Gasteiger partial charge is 0.260 e. The lowest BCUT2D eigenvalue weighted by Gasteiger charge is -2.15. The highest BCUT2D eigenvalue weighted by atomic mass is 16.5. The number of hydrogen-bond acceptors (Lipinski definition) is 7. The second-order valence-electron chi connectivity index (χ2n) is 9.15. The van der Waals surface area contributed by atoms with Crippen LogP contribution in [0.25, 0.3) is 22.4 Å². The van der Waals surface area contributed by atoms with E-state index < -0.39 is 5.91 Å². The Hall–Kier alpha value is -6.01. The number of phenolic OH excluding ortho intramolecular Hbond substituents is 1. The number of nitrogens with one attached hydrogen (secondary N) is 2. The number of aromatic nitrogens is 2. The van der Waals surface area contributed by atoms with Crippen LogP contribution in [0.2, 0.25) is 0 Å². The molecule has 0 aliphatic carbocycles. The summed E-state index contributed by atoms with van der Waals surface area (Å²) >= 11 is 0. The van der Waals surface area contributed by atoms with Gasteiger partial charge in [0.1, 0.15) is 23.1 Å². The number of phenols is 1. The molecule has 9 nitrogen and oxygen atoms in total. The van der Waals surface area contributed by atoms with Crippen LogP contribution >= 0.6 is 0 Å². The Bertz CT molecular complexity index is 1820. The minimum atomic E-state index is -0.528. The minimum Gasteiger partial charge on any atom is -0.507 e. The van der Waals surface area contributed by atoms with E-state index >= 15 is 0 Å². The van der Waals surface area contributed by atoms with Gasteiger partial charge in [0.2, 0.25) is 0 Å². The number of nitriles is 1. The first-order valence-electron chi connectivity index (χ1n) is 12.9. The number of ether oxygens (including phenoxy) is 1. The molecule has 2 aromatic heterocycles. The molecule has 0 atom stereocenters. The number of benzene rings is 3. The summed E-state index contributed by atoms with van der Waals surface area (Å²) in [5.41, 5.74) is 3.11. The second-order valence-corrected chi connectivity index (χ2v) is 9.15. The van der Waals surface area contributed by atoms with Gasteiger partial charge >= 0.3 is 0 Å². The van der Waals surface area contributed by atoms with E-state index in [1.54, 1.807) is 85.1 Å². The topological polar surface area (TPSA) is 137 Å². The van der Waals surface area contributed by atoms with Crippen molar-refractivity contribution in [1.29, 1.82) is 5.26 Å². The molecule has 2 amide bonds. The van der Waals surface area contributed by atoms with E-state index in [0.29, 0.717) is 39.4 Å². The Morgan fingerprint density at radius 2 is 1.69 bits per heavy atom. The number of para-hydroxylation sites is 2. The van der Waals surface area contributed by atoms with Crippen LogP contribution in [0.3, 0.4) is 0 Å². The Kier molecular flexibility index (Phi) is 8.17. The van der Waals surface area contributed by atoms with Crippen molar-refractivity contribution in [1.82, 2.24) is 15.3 Å². The van der Waals surface area contributed by atoms with E-state index in [-0.39, 0.29) is 35.1 Å². The summed E-state index contributed by atoms with van der Waals surface area (Å²) in [4.78, 5) is 35.1. The van der Waals surface area contributed by atoms with Crippen molar-refractivity contribution in [2.24, 2.45) is 0 Å². The van der Waals surface area contributed by atoms with Crippen LogP contribution in [0, 0.1) is 11.3 Å². The quantitative estimate of drug-likeness (QED) is 0.227. The molecule has 0 spiro atoms. The predicted octanol–water partition coefficient (Wildman–Crippen LogP) is 5.58. The maximum atomic E-state index is 13.3. The van der Waals surface area contributed by atoms with E-state index in [1.807, 2.05) is 12.1 Å². The second kappa shape index (κ2) is 12.4. The van der Waals surface area contributed by atoms with Gasteiger partial charge in [-0.1, -0.05) is 42.5 Å². The largest absolute Gasteiger partial charge is 0.507 e. The fourth-order valence-corrected chi connectivity index (χ4v) is 4.42. The molecule has 3 aromatic carbocycles. The predicted molar refractivity (Wildman–Crippen MR) is 158 cm³/mol. The van der Waals surface area contributed by atoms with Gasteiger partial charge in [-0.15, -0.1) is 0 Å². The lowest BCUT2D eigenvalue weighted by molar-refractivity contribution is 0.0949. The van der Waals surface area contributed by atoms with E-state index in [1.165, 1.54) is 13.2 Å². The molecular weight excluding hydrogens is 530 g/mol. The number of aromatic hydroxyl groups is 1. The van der Waals surface area contributed by atoms with Gasteiger partial charge < -0.3 is 20.5 Å². The lowest BCUT2D eigenvalue weighted by Crippen LogP contribution is -2.23. The van der Waals surface area contributed by atoms with Crippen molar-refractivity contribution < 1.29 is 19.4 Å². The molecular formula is C33H25N5O4. The van der Waals surface area contributed by atoms with Crippen molar-refractivity contribution in [3.63, 3.8) is 0 Å². The summed E-state index contributed by atoms with van der Waals surface area (Å²) in [6.45, 7) is 0.249. The van der Waals surface area contributed by atoms with Crippen molar-refractivity contribution >= 4 is 17.6 Å². The number of pyridine rings is 2. The fourth-order valence-electron chi connectivity index (χ4n) is 4.42. The summed E-state index contributed by atoms with van der Waals surface area (Å²) in [5, 5.41) is 26.4. The van der Waals surface area contributed by atoms with Gasteiger partial charge in [-0.25, -0.2) is 4.98 Å². The molecule has 9 heteroatoms. The lowest BCUT2D eigenvalue weighted by atomic mass is 9.96. The average molecular weight is 556 g/mol. The van der Waals surface area contributed by atoms with Gasteiger partial charge in [0.15, 0.2) is 5.82 Å². The number of nitrogens with zero attached hydrogens (tertiary/aromatic N) is 3. The molecule has 42 heavy (non-hydrogen) atoms. The molecule has 0 aliphatic rings. The van der Waals surface area contributed by atoms with Gasteiger partial charge in [-0.05, 0) is 60.2 Å². The molecule has 0 unspecified atom stereocenters. The number of amides is 2. The van der Waals surface area contributed by atoms with Gasteiger partial charge in [0, 0.05) is 22.9 Å². The zero-order valence-electron chi connectivity index (χ0n) is 22.5. The molecule has 0 radical (unpaired) electrons. The van der Waals surface area contributed by atoms with Crippen LogP contribution in [0.5, 0.6) is 11.5 Å². The first-order valence-corrected chi connectivity index (χ1v) is 12.9. The highest BCUT2D eigenvalue weighted by molar-refractivity contribution is 6.07. The Morgan fingerprint density at radius 3 is 2.45 bits per heavy atom. The van der Waals surface area contributed by atoms with Gasteiger partial charge in [0.25, 0.3) is 11.8 Å². The molecule has 5 aromatic rings. The van der Waals surface area contributed by atoms with Crippen molar-refractivity contribution in [2.75, 3.05) is 12.4 Å². The number of hydrogen-bond donors (Lipinski definition) is 3. The number of methoxy groups -OCH3 is 1. The maximum Gasteiger partial charge on any atom is 0.260 e. The first-order chi connectivity index (χ1) is 20.5. The van der Waals surface area contributed by atoms with Crippen LogP contribution in [-0.2, 0) is 6.54 Å². The third-order valence-electron chi connectivity index (χ3n) is 6.49. The number of anilines is 1. The zero-order valence-corrected chi connectivity index (χ0v) is 22.5. The molecule has 0 saturated carbocycles. The van der Waals surface area contributed by atoms with Gasteiger partial charge in [-0.3, -0.25) is 14.6 Å². The third kappa shape index (κ3) is 5.93. The Balaban J connectivity index is 1.57. The first kappa shape index (κ1) is 27.6. The Labute approximate surface area is 242 Å². The SMILES string of the molecule is COc1ccccc1C(=O)Nc1nc(-c2ccccc2O)cc(-c2cccc(C(=O)NCc3ccccn3)c2)c1C#N. The van der Waals surface area contributed by atoms with Crippen LogP contribution in [0.1, 0.15) is 32.0 Å². The van der Waals surface area contributed by atoms with Crippen LogP contribution in [0.15, 0.2) is 103 Å². The summed E-state index contributed by atoms with van der Waals surface area (Å²) in [7, 11) is 1.46. The summed E-state index contributed by atoms with van der Waals surface area (Å²) in [6, 6.07) is 29.4. The molecule has 0 fully saturated rings. The highest BCUT2D eigenvalue weighted by Crippen LogP contribution is 2.36. The normalized spacial score (nSPS) is 10.4. The molecule has 3 N–H and O–H groups in total. The molecule has 5 rings (SSSR count). The molecule has 0 bridgehead atoms. The summed E-state index contributed by atoms with van der Waals surface area (Å²) in [6.07, 6.45) is 1.65. The molecule has 0 aliphatic heterocycles. The fraction of sp³-hybridized carbons (Fsp3) is 0.0606. The van der Waals surface area contributed by atoms with Crippen LogP contribution in [-0.4, -0.2) is 34.0 Å². The monoisotopic (exact) mass is 555 g/mol. The molecule has 0 saturated heterocycles. The maximum absolute atomic E-state index is 13.3. The van der Waals surface area contributed by atoms with Crippen molar-refractivity contribution in [2.45, 2.75) is 6.54 Å². The standard InChI is InChI=1S/C33H25N5O4/c1-42-30-15-5-3-13-25(30)33(41)38-31-27(19-34)26(18-28(37-31)24-12-2-4-14-29(24)39)21-9-8-10-22(17-21)32(40)36-20-23-11-6-7-16-35-23/h2-18,39H,20H2,1H3,(H,36,40)(H,37,38,41). The van der Waals surface area contributed by atoms with Gasteiger partial charge in [0.05, 0.1) is 30.6 Å². The van der Waals surface area contributed by atoms with E-state index in [2.05, 4.69) is 26.7 Å². The van der Waals surface area contributed by atoms with E-state index in [0.717, 1.165) is 0 Å². The minimum absolute atomic E-state index is 0.00540. The third-order valence-corrected chi connectivity index (χ3v) is 6.49. The van der Waals surface area contributed by atoms with Crippen LogP contribution < -0.4 is 15.4 Å². The van der Waals surface area contributed by atoms with Gasteiger partial charge in [-0.2, -0.15) is 5.26 Å². The molecule has 2 heterocycles. The Morgan fingerprint density at radius 1 is 0.905 bits per heavy atom. The average Bonchev–Trinajstić information content (AvgIpc) is 3.04. The van der Waals surface area contributed by atoms with E-state index in [4.69, 9.17) is 4.74 Å². The van der Waals surface area contributed by atoms with Crippen LogP contribution in [0.4, 0.5) is 5.82 Å². The highest BCUT2D eigenvalue weighted by Gasteiger charge is 2.21. The summed E-state index contributed by atoms with van der Waals surface area (Å²) in [5.74, 6) is -0.519. The number of carbonyl (C=O) groups excluding carboxylic acids is 2. The van der Waals surface area contributed by atoms with E-state index in [9.17, 15) is 20.0 Å². The number of carbonyl (C=O) groups is 2. The van der Waals surface area contributed by atoms with Crippen molar-refractivity contribution in [3.8, 4) is 40.0 Å². The van der Waals surface area contributed by atoms with Crippen molar-refractivity contribution in [3.05, 3.63) is 126 Å². The molecule has 206 valence electrons. The zero-order chi connectivity index (χ0) is 29.5.